The van der Waals surface area contributed by atoms with E-state index in [9.17, 15) is 0 Å². The summed E-state index contributed by atoms with van der Waals surface area (Å²) in [6.45, 7) is 0. The lowest BCUT2D eigenvalue weighted by molar-refractivity contribution is 0.669. The van der Waals surface area contributed by atoms with Gasteiger partial charge in [-0.15, -0.1) is 0 Å². The zero-order valence-electron chi connectivity index (χ0n) is 17.6. The fourth-order valence-corrected chi connectivity index (χ4v) is 5.35. The highest BCUT2D eigenvalue weighted by molar-refractivity contribution is 6.21. The van der Waals surface area contributed by atoms with Crippen molar-refractivity contribution < 1.29 is 8.83 Å². The SMILES string of the molecule is c1ccc2c(c1)oc1ccc(-n3c4ccccc4c4ccc5c6ccccc6oc5c43)cc12. The second kappa shape index (κ2) is 6.05. The van der Waals surface area contributed by atoms with Crippen LogP contribution in [0.15, 0.2) is 112 Å². The van der Waals surface area contributed by atoms with E-state index in [1.807, 2.05) is 24.3 Å². The number of benzene rings is 5. The number of hydrogen-bond acceptors (Lipinski definition) is 2. The van der Waals surface area contributed by atoms with Crippen LogP contribution in [0.4, 0.5) is 0 Å². The van der Waals surface area contributed by atoms with Gasteiger partial charge < -0.3 is 13.4 Å². The number of hydrogen-bond donors (Lipinski definition) is 0. The van der Waals surface area contributed by atoms with Crippen molar-refractivity contribution in [3.8, 4) is 5.69 Å². The highest BCUT2D eigenvalue weighted by Gasteiger charge is 2.19. The second-order valence-electron chi connectivity index (χ2n) is 8.57. The van der Waals surface area contributed by atoms with Crippen molar-refractivity contribution in [3.63, 3.8) is 0 Å². The molecule has 33 heavy (non-hydrogen) atoms. The molecule has 3 heteroatoms. The molecule has 8 aromatic rings. The molecule has 3 heterocycles. The van der Waals surface area contributed by atoms with Crippen molar-refractivity contribution in [1.29, 1.82) is 0 Å². The molecule has 0 radical (unpaired) electrons. The fraction of sp³-hybridized carbons (Fsp3) is 0. The number of rotatable bonds is 1. The zero-order valence-corrected chi connectivity index (χ0v) is 17.6. The zero-order chi connectivity index (χ0) is 21.5. The van der Waals surface area contributed by atoms with Gasteiger partial charge in [-0.3, -0.25) is 0 Å². The van der Waals surface area contributed by atoms with E-state index in [1.54, 1.807) is 0 Å². The Labute approximate surface area is 188 Å². The van der Waals surface area contributed by atoms with Crippen LogP contribution in [0, 0.1) is 0 Å². The van der Waals surface area contributed by atoms with Gasteiger partial charge in [-0.1, -0.05) is 60.7 Å². The monoisotopic (exact) mass is 423 g/mol. The molecule has 0 unspecified atom stereocenters. The van der Waals surface area contributed by atoms with Crippen LogP contribution in [0.25, 0.3) is 71.4 Å². The molecule has 0 spiro atoms. The average molecular weight is 423 g/mol. The molecule has 0 saturated heterocycles. The summed E-state index contributed by atoms with van der Waals surface area (Å²) in [7, 11) is 0. The molecule has 0 N–H and O–H groups in total. The molecule has 0 saturated carbocycles. The Morgan fingerprint density at radius 2 is 1.09 bits per heavy atom. The van der Waals surface area contributed by atoms with Crippen molar-refractivity contribution in [2.45, 2.75) is 0 Å². The minimum atomic E-state index is 0.898. The van der Waals surface area contributed by atoms with Gasteiger partial charge >= 0.3 is 0 Å². The summed E-state index contributed by atoms with van der Waals surface area (Å²) in [6, 6.07) is 35.9. The molecule has 5 aromatic carbocycles. The molecule has 8 rings (SSSR count). The van der Waals surface area contributed by atoms with Crippen LogP contribution in [0.1, 0.15) is 0 Å². The summed E-state index contributed by atoms with van der Waals surface area (Å²) in [6.07, 6.45) is 0. The highest BCUT2D eigenvalue weighted by atomic mass is 16.3. The Morgan fingerprint density at radius 1 is 0.455 bits per heavy atom. The summed E-state index contributed by atoms with van der Waals surface area (Å²) in [5, 5.41) is 6.93. The highest BCUT2D eigenvalue weighted by Crippen LogP contribution is 2.41. The van der Waals surface area contributed by atoms with E-state index >= 15 is 0 Å². The maximum Gasteiger partial charge on any atom is 0.160 e. The summed E-state index contributed by atoms with van der Waals surface area (Å²) >= 11 is 0. The summed E-state index contributed by atoms with van der Waals surface area (Å²) in [5.41, 5.74) is 6.98. The van der Waals surface area contributed by atoms with Crippen LogP contribution in [0.5, 0.6) is 0 Å². The number of nitrogens with zero attached hydrogens (tertiary/aromatic N) is 1. The Hall–Kier alpha value is -4.50. The van der Waals surface area contributed by atoms with Gasteiger partial charge in [-0.25, -0.2) is 0 Å². The predicted octanol–water partition coefficient (Wildman–Crippen LogP) is 8.58. The number of para-hydroxylation sites is 3. The molecule has 3 aromatic heterocycles. The van der Waals surface area contributed by atoms with Crippen molar-refractivity contribution in [1.82, 2.24) is 4.57 Å². The molecule has 0 fully saturated rings. The number of furan rings is 2. The van der Waals surface area contributed by atoms with E-state index in [4.69, 9.17) is 8.83 Å². The van der Waals surface area contributed by atoms with E-state index in [-0.39, 0.29) is 0 Å². The quantitative estimate of drug-likeness (QED) is 0.265. The molecule has 0 atom stereocenters. The van der Waals surface area contributed by atoms with E-state index < -0.39 is 0 Å². The van der Waals surface area contributed by atoms with Crippen molar-refractivity contribution in [2.75, 3.05) is 0 Å². The third kappa shape index (κ3) is 2.18. The van der Waals surface area contributed by atoms with Gasteiger partial charge in [-0.05, 0) is 42.5 Å². The molecule has 0 bridgehead atoms. The first-order chi connectivity index (χ1) is 16.4. The van der Waals surface area contributed by atoms with Gasteiger partial charge in [0.25, 0.3) is 0 Å². The van der Waals surface area contributed by atoms with E-state index in [0.29, 0.717) is 0 Å². The lowest BCUT2D eigenvalue weighted by atomic mass is 10.1. The summed E-state index contributed by atoms with van der Waals surface area (Å²) < 4.78 is 14.9. The minimum Gasteiger partial charge on any atom is -0.456 e. The van der Waals surface area contributed by atoms with Gasteiger partial charge in [0.2, 0.25) is 0 Å². The van der Waals surface area contributed by atoms with E-state index in [0.717, 1.165) is 60.6 Å². The van der Waals surface area contributed by atoms with Crippen molar-refractivity contribution >= 4 is 65.7 Å². The standard InChI is InChI=1S/C30H17NO2/c1-4-10-25-19(7-1)22-14-15-23-20-8-2-6-12-27(20)33-30(23)29(22)31(25)18-13-16-28-24(17-18)21-9-3-5-11-26(21)32-28/h1-17H. The molecule has 0 aliphatic heterocycles. The van der Waals surface area contributed by atoms with E-state index in [2.05, 4.69) is 83.4 Å². The Morgan fingerprint density at radius 3 is 1.94 bits per heavy atom. The van der Waals surface area contributed by atoms with E-state index in [1.165, 1.54) is 10.8 Å². The first-order valence-electron chi connectivity index (χ1n) is 11.1. The molecule has 154 valence electrons. The van der Waals surface area contributed by atoms with Gasteiger partial charge in [0.1, 0.15) is 16.7 Å². The third-order valence-electron chi connectivity index (χ3n) is 6.80. The van der Waals surface area contributed by atoms with Crippen molar-refractivity contribution in [3.05, 3.63) is 103 Å². The molecular formula is C30H17NO2. The third-order valence-corrected chi connectivity index (χ3v) is 6.80. The first kappa shape index (κ1) is 17.1. The fourth-order valence-electron chi connectivity index (χ4n) is 5.35. The van der Waals surface area contributed by atoms with Crippen molar-refractivity contribution in [2.24, 2.45) is 0 Å². The Kier molecular flexibility index (Phi) is 3.14. The maximum absolute atomic E-state index is 6.46. The Bertz CT molecular complexity index is 2030. The number of aromatic nitrogens is 1. The van der Waals surface area contributed by atoms with Gasteiger partial charge in [-0.2, -0.15) is 0 Å². The van der Waals surface area contributed by atoms with Crippen LogP contribution in [0.3, 0.4) is 0 Å². The largest absolute Gasteiger partial charge is 0.456 e. The van der Waals surface area contributed by atoms with Gasteiger partial charge in [0, 0.05) is 38.0 Å². The number of fused-ring (bicyclic) bond motifs is 10. The smallest absolute Gasteiger partial charge is 0.160 e. The van der Waals surface area contributed by atoms with Crippen LogP contribution in [-0.2, 0) is 0 Å². The molecule has 0 aliphatic rings. The normalized spacial score (nSPS) is 12.2. The summed E-state index contributed by atoms with van der Waals surface area (Å²) in [4.78, 5) is 0. The molecule has 0 amide bonds. The van der Waals surface area contributed by atoms with Crippen LogP contribution < -0.4 is 0 Å². The topological polar surface area (TPSA) is 31.2 Å². The van der Waals surface area contributed by atoms with Crippen LogP contribution in [-0.4, -0.2) is 4.57 Å². The lowest BCUT2D eigenvalue weighted by Gasteiger charge is -2.08. The van der Waals surface area contributed by atoms with Crippen LogP contribution >= 0.6 is 0 Å². The minimum absolute atomic E-state index is 0.898. The molecule has 3 nitrogen and oxygen atoms in total. The predicted molar refractivity (Wildman–Crippen MR) is 135 cm³/mol. The first-order valence-corrected chi connectivity index (χ1v) is 11.1. The molecular weight excluding hydrogens is 406 g/mol. The average Bonchev–Trinajstić information content (AvgIpc) is 3.53. The van der Waals surface area contributed by atoms with Gasteiger partial charge in [0.15, 0.2) is 5.58 Å². The maximum atomic E-state index is 6.46. The van der Waals surface area contributed by atoms with Gasteiger partial charge in [0.05, 0.1) is 11.0 Å². The Balaban J connectivity index is 1.57. The summed E-state index contributed by atoms with van der Waals surface area (Å²) in [5.74, 6) is 0. The molecule has 0 aliphatic carbocycles. The van der Waals surface area contributed by atoms with Crippen LogP contribution in [0.2, 0.25) is 0 Å². The second-order valence-corrected chi connectivity index (χ2v) is 8.57. The lowest BCUT2D eigenvalue weighted by Crippen LogP contribution is -1.93.